The van der Waals surface area contributed by atoms with Gasteiger partial charge in [0.05, 0.1) is 51.8 Å². The Morgan fingerprint density at radius 1 is 1.28 bits per heavy atom. The van der Waals surface area contributed by atoms with Gasteiger partial charge < -0.3 is 9.84 Å². The molecule has 1 aromatic carbocycles. The summed E-state index contributed by atoms with van der Waals surface area (Å²) in [6, 6.07) is 4.05. The Kier molecular flexibility index (Phi) is 3.72. The van der Waals surface area contributed by atoms with Crippen molar-refractivity contribution in [2.24, 2.45) is 17.8 Å². The van der Waals surface area contributed by atoms with Crippen LogP contribution in [-0.4, -0.2) is 34.1 Å². The first kappa shape index (κ1) is 19.4. The van der Waals surface area contributed by atoms with Crippen LogP contribution in [0.5, 0.6) is 0 Å². The molecular weight excluding hydrogens is 393 g/mol. The number of anilines is 1. The molecule has 3 fully saturated rings. The van der Waals surface area contributed by atoms with E-state index in [2.05, 4.69) is 0 Å². The highest BCUT2D eigenvalue weighted by atomic mass is 19.4. The average Bonchev–Trinajstić information content (AvgIpc) is 3.15. The number of ether oxygens (including phenoxy) is 1. The summed E-state index contributed by atoms with van der Waals surface area (Å²) in [5.74, 6) is -5.80. The smallest absolute Gasteiger partial charge is 0.417 e. The molecule has 0 aromatic heterocycles. The monoisotopic (exact) mass is 408 g/mol. The third-order valence-corrected chi connectivity index (χ3v) is 6.32. The van der Waals surface area contributed by atoms with E-state index in [0.717, 1.165) is 12.1 Å². The molecule has 29 heavy (non-hydrogen) atoms. The lowest BCUT2D eigenvalue weighted by atomic mass is 9.64. The first-order chi connectivity index (χ1) is 13.3. The molecule has 5 atom stereocenters. The topological polar surface area (TPSA) is 108 Å². The van der Waals surface area contributed by atoms with Crippen LogP contribution in [0.4, 0.5) is 18.9 Å². The number of alkyl halides is 3. The molecule has 1 N–H and O–H groups in total. The van der Waals surface area contributed by atoms with E-state index < -0.39 is 64.0 Å². The van der Waals surface area contributed by atoms with Gasteiger partial charge in [0.15, 0.2) is 0 Å². The Morgan fingerprint density at radius 2 is 1.90 bits per heavy atom. The van der Waals surface area contributed by atoms with Crippen molar-refractivity contribution in [2.75, 3.05) is 4.90 Å². The van der Waals surface area contributed by atoms with Crippen molar-refractivity contribution >= 4 is 23.5 Å². The largest absolute Gasteiger partial charge is 0.481 e. The number of amides is 2. The van der Waals surface area contributed by atoms with E-state index in [1.165, 1.54) is 13.0 Å². The summed E-state index contributed by atoms with van der Waals surface area (Å²) in [6.45, 7) is 3.00. The van der Waals surface area contributed by atoms with Crippen LogP contribution in [0.15, 0.2) is 18.2 Å². The van der Waals surface area contributed by atoms with Crippen LogP contribution in [0.1, 0.15) is 31.4 Å². The van der Waals surface area contributed by atoms with Crippen LogP contribution in [0, 0.1) is 29.1 Å². The molecule has 4 rings (SSSR count). The van der Waals surface area contributed by atoms with Crippen molar-refractivity contribution in [2.45, 2.75) is 37.6 Å². The molecule has 3 heterocycles. The minimum Gasteiger partial charge on any atom is -0.481 e. The maximum absolute atomic E-state index is 13.3. The van der Waals surface area contributed by atoms with Gasteiger partial charge in [-0.15, -0.1) is 0 Å². The van der Waals surface area contributed by atoms with Crippen molar-refractivity contribution in [3.63, 3.8) is 0 Å². The number of aliphatic carboxylic acids is 1. The van der Waals surface area contributed by atoms with Gasteiger partial charge >= 0.3 is 12.1 Å². The number of hydrogen-bond acceptors (Lipinski definition) is 5. The Bertz CT molecular complexity index is 1020. The molecule has 3 saturated heterocycles. The Labute approximate surface area is 162 Å². The molecule has 0 aliphatic carbocycles. The van der Waals surface area contributed by atoms with Crippen molar-refractivity contribution in [3.8, 4) is 6.07 Å². The number of carbonyl (C=O) groups is 3. The molecular formula is C19H15F3N2O5. The molecule has 2 bridgehead atoms. The van der Waals surface area contributed by atoms with Crippen LogP contribution < -0.4 is 4.90 Å². The van der Waals surface area contributed by atoms with Gasteiger partial charge in [0.25, 0.3) is 0 Å². The van der Waals surface area contributed by atoms with Gasteiger partial charge in [-0.3, -0.25) is 14.4 Å². The summed E-state index contributed by atoms with van der Waals surface area (Å²) in [7, 11) is 0. The quantitative estimate of drug-likeness (QED) is 0.753. The molecule has 0 spiro atoms. The molecule has 3 aliphatic heterocycles. The second-order valence-electron chi connectivity index (χ2n) is 8.00. The number of benzene rings is 1. The van der Waals surface area contributed by atoms with Gasteiger partial charge in [-0.25, -0.2) is 4.90 Å². The van der Waals surface area contributed by atoms with Crippen LogP contribution in [0.25, 0.3) is 0 Å². The van der Waals surface area contributed by atoms with E-state index in [4.69, 9.17) is 10.00 Å². The van der Waals surface area contributed by atoms with Gasteiger partial charge in [-0.05, 0) is 38.5 Å². The zero-order chi connectivity index (χ0) is 21.5. The molecule has 1 aromatic rings. The number of carbonyl (C=O) groups excluding carboxylic acids is 2. The molecule has 3 aliphatic rings. The lowest BCUT2D eigenvalue weighted by Gasteiger charge is -2.32. The van der Waals surface area contributed by atoms with E-state index in [0.29, 0.717) is 11.0 Å². The Balaban J connectivity index is 1.81. The van der Waals surface area contributed by atoms with Gasteiger partial charge in [0.1, 0.15) is 0 Å². The maximum atomic E-state index is 13.3. The highest BCUT2D eigenvalue weighted by Gasteiger charge is 2.77. The summed E-state index contributed by atoms with van der Waals surface area (Å²) >= 11 is 0. The van der Waals surface area contributed by atoms with Gasteiger partial charge in [0, 0.05) is 0 Å². The van der Waals surface area contributed by atoms with Crippen molar-refractivity contribution < 1.29 is 37.4 Å². The van der Waals surface area contributed by atoms with Crippen molar-refractivity contribution in [1.82, 2.24) is 0 Å². The van der Waals surface area contributed by atoms with E-state index in [1.807, 2.05) is 0 Å². The number of halogens is 3. The number of imide groups is 1. The summed E-state index contributed by atoms with van der Waals surface area (Å²) < 4.78 is 45.8. The van der Waals surface area contributed by atoms with E-state index in [-0.39, 0.29) is 12.1 Å². The lowest BCUT2D eigenvalue weighted by Crippen LogP contribution is -2.48. The summed E-state index contributed by atoms with van der Waals surface area (Å²) in [5.41, 5.74) is -4.83. The Morgan fingerprint density at radius 3 is 2.45 bits per heavy atom. The highest BCUT2D eigenvalue weighted by molar-refractivity contribution is 6.23. The molecule has 2 amide bonds. The SMILES string of the molecule is C[C@@]12O[C@@](C)(C[C@@H]1C(=O)O)[C@@H]1C(=O)N(c3ccc(C#N)c(C(F)(F)F)c3)C(=O)[C@@H]12. The average molecular weight is 408 g/mol. The van der Waals surface area contributed by atoms with Gasteiger partial charge in [-0.1, -0.05) is 0 Å². The number of hydrogen-bond donors (Lipinski definition) is 1. The first-order valence-corrected chi connectivity index (χ1v) is 8.77. The fourth-order valence-corrected chi connectivity index (χ4v) is 5.15. The van der Waals surface area contributed by atoms with Crippen molar-refractivity contribution in [1.29, 1.82) is 5.26 Å². The predicted molar refractivity (Wildman–Crippen MR) is 89.3 cm³/mol. The van der Waals surface area contributed by atoms with Crippen molar-refractivity contribution in [3.05, 3.63) is 29.3 Å². The summed E-state index contributed by atoms with van der Waals surface area (Å²) in [6.07, 6.45) is -4.83. The molecule has 0 saturated carbocycles. The zero-order valence-corrected chi connectivity index (χ0v) is 15.3. The highest BCUT2D eigenvalue weighted by Crippen LogP contribution is 2.63. The fourth-order valence-electron chi connectivity index (χ4n) is 5.15. The number of carboxylic acids is 1. The molecule has 152 valence electrons. The second kappa shape index (κ2) is 5.57. The second-order valence-corrected chi connectivity index (χ2v) is 8.00. The van der Waals surface area contributed by atoms with Crippen LogP contribution in [-0.2, 0) is 25.3 Å². The third-order valence-electron chi connectivity index (χ3n) is 6.32. The third kappa shape index (κ3) is 2.37. The first-order valence-electron chi connectivity index (χ1n) is 8.77. The lowest BCUT2D eigenvalue weighted by molar-refractivity contribution is -0.150. The minimum absolute atomic E-state index is 0.0219. The molecule has 0 unspecified atom stereocenters. The predicted octanol–water partition coefficient (Wildman–Crippen LogP) is 2.33. The summed E-state index contributed by atoms with van der Waals surface area (Å²) in [4.78, 5) is 38.5. The maximum Gasteiger partial charge on any atom is 0.417 e. The number of nitriles is 1. The molecule has 10 heteroatoms. The zero-order valence-electron chi connectivity index (χ0n) is 15.3. The van der Waals surface area contributed by atoms with Crippen LogP contribution in [0.2, 0.25) is 0 Å². The Hall–Kier alpha value is -2.93. The number of carboxylic acid groups (broad SMARTS) is 1. The van der Waals surface area contributed by atoms with Crippen LogP contribution >= 0.6 is 0 Å². The normalized spacial score (nSPS) is 35.7. The van der Waals surface area contributed by atoms with E-state index in [9.17, 15) is 32.7 Å². The van der Waals surface area contributed by atoms with E-state index in [1.54, 1.807) is 6.92 Å². The van der Waals surface area contributed by atoms with Gasteiger partial charge in [-0.2, -0.15) is 18.4 Å². The van der Waals surface area contributed by atoms with Crippen LogP contribution in [0.3, 0.4) is 0 Å². The summed E-state index contributed by atoms with van der Waals surface area (Å²) in [5, 5.41) is 18.4. The number of fused-ring (bicyclic) bond motifs is 5. The number of rotatable bonds is 2. The standard InChI is InChI=1S/C19H15F3N2O5/c1-17-6-11(16(27)28)18(2,29-17)13-12(17)14(25)24(15(13)26)9-4-3-8(7-23)10(5-9)19(20,21)22/h3-5,11-13H,6H2,1-2H3,(H,27,28)/t11-,12+,13-,17+,18-/m1/s1. The van der Waals surface area contributed by atoms with E-state index >= 15 is 0 Å². The van der Waals surface area contributed by atoms with Gasteiger partial charge in [0.2, 0.25) is 11.8 Å². The number of nitrogens with zero attached hydrogens (tertiary/aromatic N) is 2. The molecule has 7 nitrogen and oxygen atoms in total. The minimum atomic E-state index is -4.85. The fraction of sp³-hybridized carbons (Fsp3) is 0.474. The molecule has 0 radical (unpaired) electrons.